The molecule has 0 saturated carbocycles. The van der Waals surface area contributed by atoms with Crippen LogP contribution in [0.1, 0.15) is 40.8 Å². The molecule has 0 spiro atoms. The summed E-state index contributed by atoms with van der Waals surface area (Å²) in [5.41, 5.74) is 1.25. The maximum atomic E-state index is 12.3. The Morgan fingerprint density at radius 2 is 2.09 bits per heavy atom. The lowest BCUT2D eigenvalue weighted by molar-refractivity contribution is 0.0946. The van der Waals surface area contributed by atoms with E-state index in [0.29, 0.717) is 18.1 Å². The number of carbonyl (C=O) groups excluding carboxylic acids is 1. The Balaban J connectivity index is 1.71. The zero-order chi connectivity index (χ0) is 16.2. The van der Waals surface area contributed by atoms with Gasteiger partial charge in [-0.3, -0.25) is 9.36 Å². The molecule has 0 fully saturated rings. The summed E-state index contributed by atoms with van der Waals surface area (Å²) in [7, 11) is 0. The van der Waals surface area contributed by atoms with Gasteiger partial charge >= 0.3 is 0 Å². The summed E-state index contributed by atoms with van der Waals surface area (Å²) in [6, 6.07) is 5.21. The van der Waals surface area contributed by atoms with Crippen LogP contribution in [0.4, 0.5) is 0 Å². The van der Waals surface area contributed by atoms with Crippen LogP contribution in [0.5, 0.6) is 0 Å². The Hall–Kier alpha value is -2.68. The summed E-state index contributed by atoms with van der Waals surface area (Å²) in [4.78, 5) is 17.6. The first-order valence-electron chi connectivity index (χ1n) is 7.06. The van der Waals surface area contributed by atoms with Crippen LogP contribution in [0.15, 0.2) is 30.9 Å². The third kappa shape index (κ3) is 3.39. The van der Waals surface area contributed by atoms with Gasteiger partial charge in [0.05, 0.1) is 17.1 Å². The molecule has 23 heavy (non-hydrogen) atoms. The van der Waals surface area contributed by atoms with Crippen molar-refractivity contribution in [2.24, 2.45) is 0 Å². The van der Waals surface area contributed by atoms with E-state index >= 15 is 0 Å². The zero-order valence-corrected chi connectivity index (χ0v) is 13.5. The molecular formula is C14H15N7OS. The summed E-state index contributed by atoms with van der Waals surface area (Å²) in [5.74, 6) is 0.615. The molecule has 3 aromatic heterocycles. The van der Waals surface area contributed by atoms with E-state index in [4.69, 9.17) is 0 Å². The number of nitrogens with one attached hydrogen (secondary N) is 1. The highest BCUT2D eigenvalue weighted by Gasteiger charge is 2.14. The molecule has 9 heteroatoms. The fraction of sp³-hybridized carbons (Fsp3) is 0.286. The molecule has 8 nitrogen and oxygen atoms in total. The molecule has 3 heterocycles. The third-order valence-electron chi connectivity index (χ3n) is 3.19. The second-order valence-electron chi connectivity index (χ2n) is 5.17. The van der Waals surface area contributed by atoms with Gasteiger partial charge in [-0.15, -0.1) is 15.3 Å². The van der Waals surface area contributed by atoms with E-state index in [1.54, 1.807) is 22.8 Å². The van der Waals surface area contributed by atoms with Crippen molar-refractivity contribution in [3.05, 3.63) is 47.1 Å². The van der Waals surface area contributed by atoms with Crippen LogP contribution in [0.3, 0.4) is 0 Å². The Bertz CT molecular complexity index is 797. The summed E-state index contributed by atoms with van der Waals surface area (Å²) >= 11 is 1.30. The first-order chi connectivity index (χ1) is 11.1. The van der Waals surface area contributed by atoms with Crippen molar-refractivity contribution in [1.82, 2.24) is 34.7 Å². The van der Waals surface area contributed by atoms with Gasteiger partial charge in [0.2, 0.25) is 0 Å². The maximum absolute atomic E-state index is 12.3. The van der Waals surface area contributed by atoms with Crippen molar-refractivity contribution in [2.75, 3.05) is 0 Å². The van der Waals surface area contributed by atoms with Gasteiger partial charge < -0.3 is 5.32 Å². The smallest absolute Gasteiger partial charge is 0.270 e. The number of rotatable bonds is 5. The molecule has 0 bridgehead atoms. The first-order valence-corrected chi connectivity index (χ1v) is 7.84. The molecule has 0 aliphatic rings. The van der Waals surface area contributed by atoms with E-state index < -0.39 is 0 Å². The van der Waals surface area contributed by atoms with Gasteiger partial charge in [0.15, 0.2) is 0 Å². The number of hydrogen-bond acceptors (Lipinski definition) is 7. The van der Waals surface area contributed by atoms with Gasteiger partial charge in [-0.1, -0.05) is 24.4 Å². The molecule has 0 atom stereocenters. The van der Waals surface area contributed by atoms with Gasteiger partial charge in [-0.2, -0.15) is 0 Å². The molecule has 1 N–H and O–H groups in total. The van der Waals surface area contributed by atoms with Crippen LogP contribution in [0.25, 0.3) is 5.82 Å². The fourth-order valence-electron chi connectivity index (χ4n) is 2.04. The number of hydrogen-bond donors (Lipinski definition) is 1. The Kier molecular flexibility index (Phi) is 4.38. The van der Waals surface area contributed by atoms with Gasteiger partial charge in [-0.25, -0.2) is 4.98 Å². The summed E-state index contributed by atoms with van der Waals surface area (Å²) < 4.78 is 5.59. The summed E-state index contributed by atoms with van der Waals surface area (Å²) in [6.07, 6.45) is 3.06. The second kappa shape index (κ2) is 6.61. The minimum atomic E-state index is -0.247. The molecule has 3 rings (SSSR count). The molecule has 0 aliphatic heterocycles. The lowest BCUT2D eigenvalue weighted by Crippen LogP contribution is -2.24. The molecule has 0 saturated heterocycles. The van der Waals surface area contributed by atoms with Gasteiger partial charge in [0.25, 0.3) is 5.91 Å². The maximum Gasteiger partial charge on any atom is 0.270 e. The van der Waals surface area contributed by atoms with E-state index in [9.17, 15) is 4.79 Å². The number of amides is 1. The van der Waals surface area contributed by atoms with Crippen molar-refractivity contribution >= 4 is 17.4 Å². The Morgan fingerprint density at radius 3 is 2.83 bits per heavy atom. The third-order valence-corrected chi connectivity index (χ3v) is 3.93. The molecule has 0 unspecified atom stereocenters. The molecule has 3 aromatic rings. The van der Waals surface area contributed by atoms with E-state index in [1.807, 2.05) is 13.8 Å². The van der Waals surface area contributed by atoms with E-state index in [0.717, 1.165) is 10.6 Å². The lowest BCUT2D eigenvalue weighted by Gasteiger charge is -2.07. The Labute approximate surface area is 136 Å². The van der Waals surface area contributed by atoms with E-state index in [2.05, 4.69) is 30.1 Å². The SMILES string of the molecule is CC(C)c1nnsc1CNC(=O)c1cccc(-n2cnnc2)n1. The number of carbonyl (C=O) groups is 1. The molecule has 0 aliphatic carbocycles. The highest BCUT2D eigenvalue weighted by atomic mass is 32.1. The van der Waals surface area contributed by atoms with E-state index in [-0.39, 0.29) is 11.8 Å². The molecule has 0 radical (unpaired) electrons. The minimum Gasteiger partial charge on any atom is -0.346 e. The number of nitrogens with zero attached hydrogens (tertiary/aromatic N) is 6. The quantitative estimate of drug-likeness (QED) is 0.763. The van der Waals surface area contributed by atoms with Crippen molar-refractivity contribution in [2.45, 2.75) is 26.3 Å². The molecular weight excluding hydrogens is 314 g/mol. The fourth-order valence-corrected chi connectivity index (χ4v) is 2.77. The monoisotopic (exact) mass is 329 g/mol. The van der Waals surface area contributed by atoms with Gasteiger partial charge in [0.1, 0.15) is 24.2 Å². The lowest BCUT2D eigenvalue weighted by atomic mass is 10.1. The van der Waals surface area contributed by atoms with Gasteiger partial charge in [-0.05, 0) is 29.6 Å². The Morgan fingerprint density at radius 1 is 1.30 bits per heavy atom. The average Bonchev–Trinajstić information content (AvgIpc) is 3.24. The van der Waals surface area contributed by atoms with Gasteiger partial charge in [0, 0.05) is 0 Å². The number of pyridine rings is 1. The van der Waals surface area contributed by atoms with Crippen LogP contribution < -0.4 is 5.32 Å². The highest BCUT2D eigenvalue weighted by molar-refractivity contribution is 7.05. The standard InChI is InChI=1S/C14H15N7OS/c1-9(2)13-11(23-20-19-13)6-15-14(22)10-4-3-5-12(18-10)21-7-16-17-8-21/h3-5,7-9H,6H2,1-2H3,(H,15,22). The first kappa shape index (κ1) is 15.2. The summed E-state index contributed by atoms with van der Waals surface area (Å²) in [5, 5.41) is 14.4. The largest absolute Gasteiger partial charge is 0.346 e. The van der Waals surface area contributed by atoms with Crippen LogP contribution in [-0.2, 0) is 6.54 Å². The van der Waals surface area contributed by atoms with Crippen molar-refractivity contribution in [3.63, 3.8) is 0 Å². The van der Waals surface area contributed by atoms with Crippen molar-refractivity contribution in [1.29, 1.82) is 0 Å². The van der Waals surface area contributed by atoms with Crippen LogP contribution >= 0.6 is 11.5 Å². The molecule has 0 aromatic carbocycles. The predicted octanol–water partition coefficient (Wildman–Crippen LogP) is 1.57. The molecule has 1 amide bonds. The van der Waals surface area contributed by atoms with Crippen molar-refractivity contribution in [3.8, 4) is 5.82 Å². The topological polar surface area (TPSA) is 98.5 Å². The average molecular weight is 329 g/mol. The van der Waals surface area contributed by atoms with Crippen molar-refractivity contribution < 1.29 is 4.79 Å². The normalized spacial score (nSPS) is 10.9. The zero-order valence-electron chi connectivity index (χ0n) is 12.7. The van der Waals surface area contributed by atoms with Crippen LogP contribution in [-0.4, -0.2) is 35.2 Å². The van der Waals surface area contributed by atoms with Crippen LogP contribution in [0, 0.1) is 0 Å². The van der Waals surface area contributed by atoms with Crippen LogP contribution in [0.2, 0.25) is 0 Å². The minimum absolute atomic E-state index is 0.247. The summed E-state index contributed by atoms with van der Waals surface area (Å²) in [6.45, 7) is 4.49. The second-order valence-corrected chi connectivity index (χ2v) is 6.01. The molecule has 118 valence electrons. The van der Waals surface area contributed by atoms with E-state index in [1.165, 1.54) is 24.2 Å². The number of aromatic nitrogens is 6. The predicted molar refractivity (Wildman–Crippen MR) is 84.3 cm³/mol. The highest BCUT2D eigenvalue weighted by Crippen LogP contribution is 2.19.